The number of anilines is 1. The van der Waals surface area contributed by atoms with E-state index in [1.165, 1.54) is 11.3 Å². The highest BCUT2D eigenvalue weighted by molar-refractivity contribution is 8.00. The Hall–Kier alpha value is -1.95. The molecule has 3 heterocycles. The summed E-state index contributed by atoms with van der Waals surface area (Å²) in [5, 5.41) is 12.1. The molecule has 9 nitrogen and oxygen atoms in total. The molecule has 0 saturated carbocycles. The molecule has 1 aliphatic heterocycles. The zero-order valence-corrected chi connectivity index (χ0v) is 22.5. The van der Waals surface area contributed by atoms with Crippen molar-refractivity contribution in [3.63, 3.8) is 0 Å². The van der Waals surface area contributed by atoms with Gasteiger partial charge < -0.3 is 14.6 Å². The van der Waals surface area contributed by atoms with E-state index in [0.717, 1.165) is 68.1 Å². The van der Waals surface area contributed by atoms with Crippen LogP contribution in [0.5, 0.6) is 0 Å². The first-order valence-corrected chi connectivity index (χ1v) is 14.0. The fourth-order valence-corrected chi connectivity index (χ4v) is 5.63. The van der Waals surface area contributed by atoms with Crippen molar-refractivity contribution in [2.24, 2.45) is 5.92 Å². The Labute approximate surface area is 215 Å². The van der Waals surface area contributed by atoms with Crippen LogP contribution in [0.3, 0.4) is 0 Å². The Kier molecular flexibility index (Phi) is 10.6. The lowest BCUT2D eigenvalue weighted by atomic mass is 9.94. The van der Waals surface area contributed by atoms with Gasteiger partial charge in [-0.2, -0.15) is 0 Å². The minimum absolute atomic E-state index is 0.0198. The monoisotopic (exact) mass is 523 g/mol. The van der Waals surface area contributed by atoms with Crippen LogP contribution in [0.15, 0.2) is 21.0 Å². The summed E-state index contributed by atoms with van der Waals surface area (Å²) in [6.07, 6.45) is 9.60. The SMILES string of the molecule is CC(C)(C)c1cnc(CSc2cnc(NC(=O)C3CCN(CCCCCCC(=O)NO)CC3)s2)o1. The van der Waals surface area contributed by atoms with Gasteiger partial charge in [0.1, 0.15) is 5.76 Å². The van der Waals surface area contributed by atoms with Gasteiger partial charge in [-0.3, -0.25) is 14.8 Å². The molecule has 1 saturated heterocycles. The molecule has 0 radical (unpaired) electrons. The van der Waals surface area contributed by atoms with Crippen LogP contribution in [0.25, 0.3) is 0 Å². The number of hydroxylamine groups is 1. The topological polar surface area (TPSA) is 121 Å². The van der Waals surface area contributed by atoms with Gasteiger partial charge >= 0.3 is 0 Å². The van der Waals surface area contributed by atoms with Crippen LogP contribution in [0, 0.1) is 5.92 Å². The van der Waals surface area contributed by atoms with Gasteiger partial charge in [0, 0.05) is 17.8 Å². The zero-order valence-electron chi connectivity index (χ0n) is 20.8. The van der Waals surface area contributed by atoms with Crippen LogP contribution < -0.4 is 10.8 Å². The summed E-state index contributed by atoms with van der Waals surface area (Å²) < 4.78 is 6.86. The minimum Gasteiger partial charge on any atom is -0.444 e. The van der Waals surface area contributed by atoms with E-state index in [2.05, 4.69) is 41.0 Å². The molecule has 1 fully saturated rings. The second-order valence-electron chi connectivity index (χ2n) is 9.95. The van der Waals surface area contributed by atoms with Gasteiger partial charge in [-0.25, -0.2) is 15.4 Å². The molecule has 35 heavy (non-hydrogen) atoms. The summed E-state index contributed by atoms with van der Waals surface area (Å²) in [6.45, 7) is 9.17. The van der Waals surface area contributed by atoms with Crippen molar-refractivity contribution in [2.45, 2.75) is 81.1 Å². The summed E-state index contributed by atoms with van der Waals surface area (Å²) in [5.41, 5.74) is 1.60. The molecule has 0 aromatic carbocycles. The molecule has 2 amide bonds. The van der Waals surface area contributed by atoms with Crippen molar-refractivity contribution in [1.29, 1.82) is 0 Å². The normalized spacial score (nSPS) is 15.3. The molecule has 0 bridgehead atoms. The number of nitrogens with zero attached hydrogens (tertiary/aromatic N) is 3. The zero-order chi connectivity index (χ0) is 25.3. The molecule has 2 aromatic rings. The highest BCUT2D eigenvalue weighted by Crippen LogP contribution is 2.32. The number of unbranched alkanes of at least 4 members (excludes halogenated alkanes) is 3. The maximum absolute atomic E-state index is 12.7. The molecule has 0 spiro atoms. The summed E-state index contributed by atoms with van der Waals surface area (Å²) in [4.78, 5) is 34.9. The number of oxazole rings is 1. The predicted molar refractivity (Wildman–Crippen MR) is 138 cm³/mol. The fraction of sp³-hybridized carbons (Fsp3) is 0.667. The first-order chi connectivity index (χ1) is 16.7. The Balaban J connectivity index is 1.32. The molecule has 0 unspecified atom stereocenters. The lowest BCUT2D eigenvalue weighted by molar-refractivity contribution is -0.129. The number of carbonyl (C=O) groups excluding carboxylic acids is 2. The van der Waals surface area contributed by atoms with Crippen LogP contribution in [-0.2, 0) is 20.8 Å². The third-order valence-electron chi connectivity index (χ3n) is 6.06. The standard InChI is InChI=1S/C24H37N5O4S2/c1-24(2,3)18-14-25-20(33-18)16-34-21-15-26-23(35-21)27-22(31)17-9-12-29(13-10-17)11-7-5-4-6-8-19(30)28-32/h14-15,17,32H,4-13,16H2,1-3H3,(H,28,30)(H,26,27,31). The van der Waals surface area contributed by atoms with E-state index in [9.17, 15) is 9.59 Å². The molecular weight excluding hydrogens is 486 g/mol. The van der Waals surface area contributed by atoms with E-state index in [1.54, 1.807) is 29.6 Å². The number of nitrogens with one attached hydrogen (secondary N) is 2. The molecule has 1 aliphatic rings. The van der Waals surface area contributed by atoms with Gasteiger partial charge in [-0.05, 0) is 45.3 Å². The third kappa shape index (κ3) is 9.21. The van der Waals surface area contributed by atoms with Crippen LogP contribution in [-0.4, -0.2) is 51.5 Å². The number of hydrogen-bond donors (Lipinski definition) is 3. The number of carbonyl (C=O) groups is 2. The number of amides is 2. The van der Waals surface area contributed by atoms with E-state index in [0.29, 0.717) is 23.2 Å². The highest BCUT2D eigenvalue weighted by atomic mass is 32.2. The number of thioether (sulfide) groups is 1. The summed E-state index contributed by atoms with van der Waals surface area (Å²) in [6, 6.07) is 0. The average Bonchev–Trinajstić information content (AvgIpc) is 3.49. The molecule has 0 atom stereocenters. The van der Waals surface area contributed by atoms with E-state index >= 15 is 0 Å². The summed E-state index contributed by atoms with van der Waals surface area (Å²) in [5.74, 6) is 1.95. The quantitative estimate of drug-likeness (QED) is 0.157. The smallest absolute Gasteiger partial charge is 0.243 e. The van der Waals surface area contributed by atoms with E-state index in [1.807, 2.05) is 0 Å². The fourth-order valence-electron chi connectivity index (χ4n) is 3.90. The van der Waals surface area contributed by atoms with Crippen LogP contribution in [0.2, 0.25) is 0 Å². The lowest BCUT2D eigenvalue weighted by Crippen LogP contribution is -2.38. The van der Waals surface area contributed by atoms with Crippen LogP contribution in [0.1, 0.15) is 77.4 Å². The van der Waals surface area contributed by atoms with Crippen molar-refractivity contribution in [1.82, 2.24) is 20.3 Å². The van der Waals surface area contributed by atoms with Gasteiger partial charge in [0.15, 0.2) is 5.13 Å². The number of likely N-dealkylation sites (tertiary alicyclic amines) is 1. The van der Waals surface area contributed by atoms with E-state index in [4.69, 9.17) is 9.62 Å². The largest absolute Gasteiger partial charge is 0.444 e. The second kappa shape index (κ2) is 13.4. The van der Waals surface area contributed by atoms with Crippen molar-refractivity contribution in [2.75, 3.05) is 25.0 Å². The molecular formula is C24H37N5O4S2. The highest BCUT2D eigenvalue weighted by Gasteiger charge is 2.25. The second-order valence-corrected chi connectivity index (χ2v) is 12.3. The number of aromatic nitrogens is 2. The maximum atomic E-state index is 12.7. The Morgan fingerprint density at radius 3 is 2.60 bits per heavy atom. The molecule has 194 valence electrons. The first-order valence-electron chi connectivity index (χ1n) is 12.2. The predicted octanol–water partition coefficient (Wildman–Crippen LogP) is 4.83. The molecule has 2 aromatic heterocycles. The van der Waals surface area contributed by atoms with Crippen molar-refractivity contribution in [3.05, 3.63) is 24.0 Å². The molecule has 3 N–H and O–H groups in total. The van der Waals surface area contributed by atoms with Crippen LogP contribution in [0.4, 0.5) is 5.13 Å². The van der Waals surface area contributed by atoms with Gasteiger partial charge in [0.2, 0.25) is 17.7 Å². The number of rotatable bonds is 12. The minimum atomic E-state index is -0.320. The van der Waals surface area contributed by atoms with Crippen LogP contribution >= 0.6 is 23.1 Å². The van der Waals surface area contributed by atoms with Crippen molar-refractivity contribution < 1.29 is 19.2 Å². The first kappa shape index (κ1) is 27.6. The Bertz CT molecular complexity index is 948. The van der Waals surface area contributed by atoms with Gasteiger partial charge in [0.25, 0.3) is 0 Å². The molecule has 0 aliphatic carbocycles. The average molecular weight is 524 g/mol. The Morgan fingerprint density at radius 2 is 1.91 bits per heavy atom. The summed E-state index contributed by atoms with van der Waals surface area (Å²) in [7, 11) is 0. The number of thiazole rings is 1. The third-order valence-corrected chi connectivity index (χ3v) is 8.15. The van der Waals surface area contributed by atoms with Crippen molar-refractivity contribution >= 4 is 40.0 Å². The van der Waals surface area contributed by atoms with Gasteiger partial charge in [0.05, 0.1) is 22.4 Å². The van der Waals surface area contributed by atoms with Crippen molar-refractivity contribution in [3.8, 4) is 0 Å². The number of hydrogen-bond acceptors (Lipinski definition) is 9. The molecule has 11 heteroatoms. The number of piperidine rings is 1. The van der Waals surface area contributed by atoms with E-state index in [-0.39, 0.29) is 23.1 Å². The summed E-state index contributed by atoms with van der Waals surface area (Å²) >= 11 is 3.09. The van der Waals surface area contributed by atoms with Gasteiger partial charge in [-0.15, -0.1) is 11.8 Å². The van der Waals surface area contributed by atoms with Gasteiger partial charge in [-0.1, -0.05) is 44.9 Å². The lowest BCUT2D eigenvalue weighted by Gasteiger charge is -2.31. The van der Waals surface area contributed by atoms with E-state index < -0.39 is 0 Å². The Morgan fingerprint density at radius 1 is 1.17 bits per heavy atom. The maximum Gasteiger partial charge on any atom is 0.243 e. The molecule has 3 rings (SSSR count).